The maximum absolute atomic E-state index is 5.66. The van der Waals surface area contributed by atoms with Crippen LogP contribution in [0.25, 0.3) is 0 Å². The molecule has 1 heterocycles. The summed E-state index contributed by atoms with van der Waals surface area (Å²) in [6, 6.07) is 0.756. The van der Waals surface area contributed by atoms with E-state index in [0.717, 1.165) is 18.6 Å². The van der Waals surface area contributed by atoms with Gasteiger partial charge in [0, 0.05) is 12.6 Å². The molecule has 2 heteroatoms. The van der Waals surface area contributed by atoms with Gasteiger partial charge in [0.05, 0.1) is 6.10 Å². The first-order valence-electron chi connectivity index (χ1n) is 7.17. The van der Waals surface area contributed by atoms with E-state index >= 15 is 0 Å². The van der Waals surface area contributed by atoms with Crippen LogP contribution in [0.3, 0.4) is 0 Å². The first-order valence-corrected chi connectivity index (χ1v) is 7.17. The summed E-state index contributed by atoms with van der Waals surface area (Å²) in [4.78, 5) is 0. The van der Waals surface area contributed by atoms with Crippen molar-refractivity contribution in [2.45, 2.75) is 69.9 Å². The van der Waals surface area contributed by atoms with Crippen molar-refractivity contribution in [3.8, 4) is 0 Å². The molecule has 2 aliphatic rings. The Morgan fingerprint density at radius 2 is 2.12 bits per heavy atom. The van der Waals surface area contributed by atoms with Crippen molar-refractivity contribution in [3.63, 3.8) is 0 Å². The van der Waals surface area contributed by atoms with Crippen molar-refractivity contribution in [1.29, 1.82) is 0 Å². The second-order valence-corrected chi connectivity index (χ2v) is 5.58. The van der Waals surface area contributed by atoms with Crippen LogP contribution in [0, 0.1) is 5.92 Å². The highest BCUT2D eigenvalue weighted by molar-refractivity contribution is 4.77. The minimum atomic E-state index is 0.584. The Hall–Kier alpha value is -0.0800. The number of hydrogen-bond donors (Lipinski definition) is 1. The first kappa shape index (κ1) is 12.4. The van der Waals surface area contributed by atoms with Crippen LogP contribution >= 0.6 is 0 Å². The second-order valence-electron chi connectivity index (χ2n) is 5.58. The lowest BCUT2D eigenvalue weighted by Gasteiger charge is -2.29. The topological polar surface area (TPSA) is 21.3 Å². The molecule has 2 unspecified atom stereocenters. The van der Waals surface area contributed by atoms with Gasteiger partial charge in [0.25, 0.3) is 0 Å². The molecule has 1 saturated carbocycles. The smallest absolute Gasteiger partial charge is 0.0576 e. The zero-order chi connectivity index (χ0) is 11.2. The lowest BCUT2D eigenvalue weighted by atomic mass is 9.80. The summed E-state index contributed by atoms with van der Waals surface area (Å²) in [6.45, 7) is 1.00. The van der Waals surface area contributed by atoms with E-state index < -0.39 is 0 Å². The van der Waals surface area contributed by atoms with Gasteiger partial charge in [0.15, 0.2) is 0 Å². The van der Waals surface area contributed by atoms with E-state index in [1.807, 2.05) is 0 Å². The van der Waals surface area contributed by atoms with Crippen LogP contribution in [0.4, 0.5) is 0 Å². The highest BCUT2D eigenvalue weighted by Gasteiger charge is 2.21. The molecule has 2 rings (SSSR count). The van der Waals surface area contributed by atoms with Gasteiger partial charge in [-0.2, -0.15) is 0 Å². The summed E-state index contributed by atoms with van der Waals surface area (Å²) in [7, 11) is 2.12. The van der Waals surface area contributed by atoms with Crippen LogP contribution in [-0.4, -0.2) is 25.8 Å². The van der Waals surface area contributed by atoms with Crippen LogP contribution in [0.15, 0.2) is 0 Å². The van der Waals surface area contributed by atoms with E-state index in [2.05, 4.69) is 12.4 Å². The normalized spacial score (nSPS) is 27.9. The average molecular weight is 225 g/mol. The lowest BCUT2D eigenvalue weighted by molar-refractivity contribution is 0.101. The van der Waals surface area contributed by atoms with Crippen molar-refractivity contribution in [2.75, 3.05) is 13.7 Å². The molecule has 0 amide bonds. The summed E-state index contributed by atoms with van der Waals surface area (Å²) in [5.41, 5.74) is 0. The minimum Gasteiger partial charge on any atom is -0.378 e. The Labute approximate surface area is 100 Å². The molecule has 1 saturated heterocycles. The Bertz CT molecular complexity index is 185. The molecular weight excluding hydrogens is 198 g/mol. The number of nitrogens with one attached hydrogen (secondary N) is 1. The molecule has 16 heavy (non-hydrogen) atoms. The summed E-state index contributed by atoms with van der Waals surface area (Å²) < 4.78 is 5.66. The molecule has 2 fully saturated rings. The predicted octanol–water partition coefficient (Wildman–Crippen LogP) is 3.11. The molecule has 1 aliphatic heterocycles. The average Bonchev–Trinajstić information content (AvgIpc) is 2.73. The molecule has 0 aromatic heterocycles. The second kappa shape index (κ2) is 6.61. The number of rotatable bonds is 7. The van der Waals surface area contributed by atoms with Gasteiger partial charge in [0.1, 0.15) is 0 Å². The fourth-order valence-electron chi connectivity index (χ4n) is 2.97. The standard InChI is InChI=1S/C14H27NO/c1-15-13(11-12-5-2-6-12)7-3-8-14-9-4-10-16-14/h12-15H,2-11H2,1H3. The van der Waals surface area contributed by atoms with Crippen molar-refractivity contribution in [3.05, 3.63) is 0 Å². The third kappa shape index (κ3) is 3.74. The van der Waals surface area contributed by atoms with Crippen LogP contribution in [-0.2, 0) is 4.74 Å². The van der Waals surface area contributed by atoms with Gasteiger partial charge in [0.2, 0.25) is 0 Å². The molecule has 0 spiro atoms. The highest BCUT2D eigenvalue weighted by Crippen LogP contribution is 2.31. The van der Waals surface area contributed by atoms with E-state index in [4.69, 9.17) is 4.74 Å². The highest BCUT2D eigenvalue weighted by atomic mass is 16.5. The molecular formula is C14H27NO. The van der Waals surface area contributed by atoms with Crippen LogP contribution in [0.2, 0.25) is 0 Å². The third-order valence-corrected chi connectivity index (χ3v) is 4.35. The van der Waals surface area contributed by atoms with E-state index in [9.17, 15) is 0 Å². The van der Waals surface area contributed by atoms with E-state index in [-0.39, 0.29) is 0 Å². The van der Waals surface area contributed by atoms with Gasteiger partial charge in [-0.05, 0) is 51.5 Å². The zero-order valence-corrected chi connectivity index (χ0v) is 10.7. The van der Waals surface area contributed by atoms with Crippen LogP contribution in [0.1, 0.15) is 57.8 Å². The summed E-state index contributed by atoms with van der Waals surface area (Å²) in [5.74, 6) is 1.03. The molecule has 94 valence electrons. The van der Waals surface area contributed by atoms with Crippen molar-refractivity contribution < 1.29 is 4.74 Å². The molecule has 1 N–H and O–H groups in total. The predicted molar refractivity (Wildman–Crippen MR) is 67.6 cm³/mol. The van der Waals surface area contributed by atoms with Crippen LogP contribution in [0.5, 0.6) is 0 Å². The fourth-order valence-corrected chi connectivity index (χ4v) is 2.97. The van der Waals surface area contributed by atoms with Gasteiger partial charge < -0.3 is 10.1 Å². The van der Waals surface area contributed by atoms with Gasteiger partial charge in [-0.25, -0.2) is 0 Å². The minimum absolute atomic E-state index is 0.584. The van der Waals surface area contributed by atoms with Crippen molar-refractivity contribution in [2.24, 2.45) is 5.92 Å². The van der Waals surface area contributed by atoms with Gasteiger partial charge in [-0.3, -0.25) is 0 Å². The number of hydrogen-bond acceptors (Lipinski definition) is 2. The molecule has 1 aliphatic carbocycles. The fraction of sp³-hybridized carbons (Fsp3) is 1.00. The molecule has 0 radical (unpaired) electrons. The third-order valence-electron chi connectivity index (χ3n) is 4.35. The molecule has 2 atom stereocenters. The lowest BCUT2D eigenvalue weighted by Crippen LogP contribution is -2.30. The Morgan fingerprint density at radius 3 is 2.69 bits per heavy atom. The van der Waals surface area contributed by atoms with Crippen molar-refractivity contribution >= 4 is 0 Å². The Kier molecular flexibility index (Phi) is 5.11. The zero-order valence-electron chi connectivity index (χ0n) is 10.7. The van der Waals surface area contributed by atoms with E-state index in [1.54, 1.807) is 0 Å². The first-order chi connectivity index (χ1) is 7.88. The summed E-state index contributed by atoms with van der Waals surface area (Å²) in [6.07, 6.45) is 12.9. The summed E-state index contributed by atoms with van der Waals surface area (Å²) in [5, 5.41) is 3.49. The maximum atomic E-state index is 5.66. The molecule has 0 aromatic rings. The Balaban J connectivity index is 1.54. The van der Waals surface area contributed by atoms with Crippen LogP contribution < -0.4 is 5.32 Å². The van der Waals surface area contributed by atoms with Gasteiger partial charge >= 0.3 is 0 Å². The van der Waals surface area contributed by atoms with Crippen molar-refractivity contribution in [1.82, 2.24) is 5.32 Å². The van der Waals surface area contributed by atoms with E-state index in [0.29, 0.717) is 6.10 Å². The SMILES string of the molecule is CNC(CCCC1CCCO1)CC1CCC1. The quantitative estimate of drug-likeness (QED) is 0.719. The molecule has 2 nitrogen and oxygen atoms in total. The Morgan fingerprint density at radius 1 is 1.25 bits per heavy atom. The van der Waals surface area contributed by atoms with E-state index in [1.165, 1.54) is 57.8 Å². The summed E-state index contributed by atoms with van der Waals surface area (Å²) >= 11 is 0. The number of ether oxygens (including phenoxy) is 1. The largest absolute Gasteiger partial charge is 0.378 e. The monoisotopic (exact) mass is 225 g/mol. The van der Waals surface area contributed by atoms with Gasteiger partial charge in [-0.1, -0.05) is 19.3 Å². The maximum Gasteiger partial charge on any atom is 0.0576 e. The molecule has 0 bridgehead atoms. The molecule has 0 aromatic carbocycles. The van der Waals surface area contributed by atoms with Gasteiger partial charge in [-0.15, -0.1) is 0 Å².